The Kier molecular flexibility index (Phi) is 4.51. The summed E-state index contributed by atoms with van der Waals surface area (Å²) < 4.78 is 4.45. The summed E-state index contributed by atoms with van der Waals surface area (Å²) in [6.07, 6.45) is 0. The van der Waals surface area contributed by atoms with Crippen LogP contribution in [0.15, 0.2) is 121 Å². The first-order valence-electron chi connectivity index (χ1n) is 11.6. The van der Waals surface area contributed by atoms with Crippen molar-refractivity contribution in [3.05, 3.63) is 126 Å². The molecule has 0 N–H and O–H groups in total. The number of rotatable bonds is 3. The van der Waals surface area contributed by atoms with Gasteiger partial charge in [0.05, 0.1) is 27.8 Å². The number of hydrogen-bond donors (Lipinski definition) is 0. The Morgan fingerprint density at radius 1 is 0.514 bits per heavy atom. The van der Waals surface area contributed by atoms with Crippen LogP contribution in [-0.4, -0.2) is 14.0 Å². The van der Waals surface area contributed by atoms with Crippen molar-refractivity contribution in [1.82, 2.24) is 14.0 Å². The van der Waals surface area contributed by atoms with Gasteiger partial charge in [-0.3, -0.25) is 8.97 Å². The fourth-order valence-corrected chi connectivity index (χ4v) is 5.13. The van der Waals surface area contributed by atoms with Crippen LogP contribution in [0.1, 0.15) is 0 Å². The molecule has 0 amide bonds. The summed E-state index contributed by atoms with van der Waals surface area (Å²) in [6, 6.07) is 42.1. The SMILES string of the molecule is Clc1ccc2nc3n(-c4cc(-c5ccccc5)cc(-c5ccccc5)c4)c4ccccc4n3c2c1. The minimum Gasteiger partial charge on any atom is -0.278 e. The van der Waals surface area contributed by atoms with E-state index < -0.39 is 0 Å². The lowest BCUT2D eigenvalue weighted by molar-refractivity contribution is 1.11. The molecule has 5 aromatic carbocycles. The van der Waals surface area contributed by atoms with E-state index in [9.17, 15) is 0 Å². The summed E-state index contributed by atoms with van der Waals surface area (Å²) >= 11 is 6.38. The third-order valence-corrected chi connectivity index (χ3v) is 6.79. The zero-order valence-corrected chi connectivity index (χ0v) is 19.5. The molecule has 0 bridgehead atoms. The molecule has 7 rings (SSSR count). The molecule has 3 nitrogen and oxygen atoms in total. The van der Waals surface area contributed by atoms with E-state index in [-0.39, 0.29) is 0 Å². The molecule has 35 heavy (non-hydrogen) atoms. The first kappa shape index (κ1) is 20.1. The van der Waals surface area contributed by atoms with Crippen LogP contribution in [0.3, 0.4) is 0 Å². The average molecular weight is 470 g/mol. The van der Waals surface area contributed by atoms with Crippen molar-refractivity contribution in [2.24, 2.45) is 0 Å². The number of para-hydroxylation sites is 2. The van der Waals surface area contributed by atoms with Crippen LogP contribution in [0.5, 0.6) is 0 Å². The summed E-state index contributed by atoms with van der Waals surface area (Å²) in [5, 5.41) is 0.702. The number of halogens is 1. The molecule has 2 heterocycles. The number of fused-ring (bicyclic) bond motifs is 5. The Balaban J connectivity index is 1.59. The number of aromatic nitrogens is 3. The standard InChI is InChI=1S/C31H20ClN3/c32-25-15-16-27-30(20-25)35-29-14-8-7-13-28(29)34(31(35)33-27)26-18-23(21-9-3-1-4-10-21)17-24(19-26)22-11-5-2-6-12-22/h1-20H. The maximum absolute atomic E-state index is 6.38. The minimum absolute atomic E-state index is 0.702. The zero-order chi connectivity index (χ0) is 23.4. The fraction of sp³-hybridized carbons (Fsp3) is 0. The summed E-state index contributed by atoms with van der Waals surface area (Å²) in [6.45, 7) is 0. The van der Waals surface area contributed by atoms with Gasteiger partial charge in [-0.15, -0.1) is 0 Å². The molecule has 7 aromatic rings. The Morgan fingerprint density at radius 3 is 1.77 bits per heavy atom. The predicted octanol–water partition coefficient (Wildman–Crippen LogP) is 8.42. The topological polar surface area (TPSA) is 22.2 Å². The van der Waals surface area contributed by atoms with Crippen molar-refractivity contribution in [3.63, 3.8) is 0 Å². The highest BCUT2D eigenvalue weighted by molar-refractivity contribution is 6.31. The molecule has 2 aromatic heterocycles. The van der Waals surface area contributed by atoms with E-state index in [0.717, 1.165) is 44.7 Å². The van der Waals surface area contributed by atoms with Crippen LogP contribution in [-0.2, 0) is 0 Å². The molecule has 0 atom stereocenters. The minimum atomic E-state index is 0.702. The van der Waals surface area contributed by atoms with E-state index >= 15 is 0 Å². The second-order valence-electron chi connectivity index (χ2n) is 8.70. The Labute approximate surface area is 207 Å². The van der Waals surface area contributed by atoms with Crippen LogP contribution < -0.4 is 0 Å². The van der Waals surface area contributed by atoms with Gasteiger partial charge in [0.15, 0.2) is 0 Å². The average Bonchev–Trinajstić information content (AvgIpc) is 3.43. The molecule has 0 unspecified atom stereocenters. The first-order valence-corrected chi connectivity index (χ1v) is 12.0. The van der Waals surface area contributed by atoms with Crippen LogP contribution >= 0.6 is 11.6 Å². The van der Waals surface area contributed by atoms with Crippen LogP contribution in [0, 0.1) is 0 Å². The van der Waals surface area contributed by atoms with E-state index in [0.29, 0.717) is 5.02 Å². The Bertz CT molecular complexity index is 1790. The summed E-state index contributed by atoms with van der Waals surface area (Å²) in [5.41, 5.74) is 9.88. The van der Waals surface area contributed by atoms with Gasteiger partial charge < -0.3 is 0 Å². The summed E-state index contributed by atoms with van der Waals surface area (Å²) in [5.74, 6) is 0.868. The molecule has 0 saturated heterocycles. The summed E-state index contributed by atoms with van der Waals surface area (Å²) in [4.78, 5) is 5.04. The maximum atomic E-state index is 6.38. The molecule has 0 aliphatic carbocycles. The largest absolute Gasteiger partial charge is 0.278 e. The summed E-state index contributed by atoms with van der Waals surface area (Å²) in [7, 11) is 0. The maximum Gasteiger partial charge on any atom is 0.220 e. The van der Waals surface area contributed by atoms with Gasteiger partial charge in [-0.2, -0.15) is 0 Å². The Hall–Kier alpha value is -4.34. The van der Waals surface area contributed by atoms with Crippen LogP contribution in [0.4, 0.5) is 0 Å². The molecule has 0 aliphatic rings. The van der Waals surface area contributed by atoms with Gasteiger partial charge in [0, 0.05) is 5.02 Å². The molecule has 4 heteroatoms. The second-order valence-corrected chi connectivity index (χ2v) is 9.14. The van der Waals surface area contributed by atoms with E-state index in [4.69, 9.17) is 16.6 Å². The predicted molar refractivity (Wildman–Crippen MR) is 145 cm³/mol. The molecule has 0 saturated carbocycles. The molecular weight excluding hydrogens is 450 g/mol. The van der Waals surface area contributed by atoms with E-state index in [1.165, 1.54) is 11.1 Å². The van der Waals surface area contributed by atoms with Crippen LogP contribution in [0.2, 0.25) is 5.02 Å². The second kappa shape index (κ2) is 7.86. The van der Waals surface area contributed by atoms with Crippen LogP contribution in [0.25, 0.3) is 55.8 Å². The van der Waals surface area contributed by atoms with Crippen molar-refractivity contribution in [2.75, 3.05) is 0 Å². The smallest absolute Gasteiger partial charge is 0.220 e. The van der Waals surface area contributed by atoms with Gasteiger partial charge in [-0.05, 0) is 70.8 Å². The van der Waals surface area contributed by atoms with E-state index in [2.05, 4.69) is 112 Å². The van der Waals surface area contributed by atoms with Crippen molar-refractivity contribution < 1.29 is 0 Å². The van der Waals surface area contributed by atoms with Gasteiger partial charge in [0.1, 0.15) is 0 Å². The third kappa shape index (κ3) is 3.24. The Morgan fingerprint density at radius 2 is 1.11 bits per heavy atom. The molecule has 0 radical (unpaired) electrons. The highest BCUT2D eigenvalue weighted by Gasteiger charge is 2.18. The third-order valence-electron chi connectivity index (χ3n) is 6.55. The molecular formula is C31H20ClN3. The molecule has 0 spiro atoms. The van der Waals surface area contributed by atoms with E-state index in [1.807, 2.05) is 18.2 Å². The van der Waals surface area contributed by atoms with Gasteiger partial charge >= 0.3 is 0 Å². The van der Waals surface area contributed by atoms with E-state index in [1.54, 1.807) is 0 Å². The van der Waals surface area contributed by atoms with Gasteiger partial charge in [0.2, 0.25) is 5.78 Å². The lowest BCUT2D eigenvalue weighted by Crippen LogP contribution is -1.97. The number of imidazole rings is 2. The lowest BCUT2D eigenvalue weighted by Gasteiger charge is -2.12. The van der Waals surface area contributed by atoms with Gasteiger partial charge in [-0.1, -0.05) is 84.4 Å². The molecule has 166 valence electrons. The zero-order valence-electron chi connectivity index (χ0n) is 18.8. The van der Waals surface area contributed by atoms with Crippen molar-refractivity contribution in [1.29, 1.82) is 0 Å². The first-order chi connectivity index (χ1) is 17.3. The lowest BCUT2D eigenvalue weighted by atomic mass is 9.98. The van der Waals surface area contributed by atoms with Crippen molar-refractivity contribution in [2.45, 2.75) is 0 Å². The highest BCUT2D eigenvalue weighted by Crippen LogP contribution is 2.34. The number of nitrogens with zero attached hydrogens (tertiary/aromatic N) is 3. The number of benzene rings is 5. The molecule has 0 fully saturated rings. The fourth-order valence-electron chi connectivity index (χ4n) is 4.96. The van der Waals surface area contributed by atoms with Gasteiger partial charge in [0.25, 0.3) is 0 Å². The molecule has 0 aliphatic heterocycles. The number of hydrogen-bond acceptors (Lipinski definition) is 1. The van der Waals surface area contributed by atoms with Crippen molar-refractivity contribution >= 4 is 39.4 Å². The highest BCUT2D eigenvalue weighted by atomic mass is 35.5. The normalized spacial score (nSPS) is 11.6. The monoisotopic (exact) mass is 469 g/mol. The van der Waals surface area contributed by atoms with Crippen molar-refractivity contribution in [3.8, 4) is 27.9 Å². The van der Waals surface area contributed by atoms with Gasteiger partial charge in [-0.25, -0.2) is 4.98 Å². The quantitative estimate of drug-likeness (QED) is 0.254.